The SMILES string of the molecule is O=S(=O)(c1ccc2c(c1)CCO2)N(CCO)CC(F)F. The van der Waals surface area contributed by atoms with E-state index in [1.54, 1.807) is 0 Å². The number of alkyl halides is 2. The first-order valence-electron chi connectivity index (χ1n) is 6.10. The number of hydrogen-bond acceptors (Lipinski definition) is 4. The number of halogens is 2. The van der Waals surface area contributed by atoms with Gasteiger partial charge in [-0.1, -0.05) is 0 Å². The van der Waals surface area contributed by atoms with E-state index < -0.39 is 29.6 Å². The first-order chi connectivity index (χ1) is 9.45. The zero-order valence-electron chi connectivity index (χ0n) is 10.6. The van der Waals surface area contributed by atoms with Crippen LogP contribution in [0.5, 0.6) is 5.75 Å². The van der Waals surface area contributed by atoms with Crippen LogP contribution in [0.3, 0.4) is 0 Å². The summed E-state index contributed by atoms with van der Waals surface area (Å²) in [5, 5.41) is 8.84. The van der Waals surface area contributed by atoms with E-state index in [4.69, 9.17) is 9.84 Å². The Morgan fingerprint density at radius 2 is 2.15 bits per heavy atom. The lowest BCUT2D eigenvalue weighted by Gasteiger charge is -2.21. The molecule has 1 N–H and O–H groups in total. The van der Waals surface area contributed by atoms with Crippen LogP contribution in [0, 0.1) is 0 Å². The number of aliphatic hydroxyl groups excluding tert-OH is 1. The van der Waals surface area contributed by atoms with Gasteiger partial charge in [0.15, 0.2) is 0 Å². The summed E-state index contributed by atoms with van der Waals surface area (Å²) in [6.07, 6.45) is -2.21. The van der Waals surface area contributed by atoms with Crippen molar-refractivity contribution in [1.82, 2.24) is 4.31 Å². The second-order valence-corrected chi connectivity index (χ2v) is 6.28. The summed E-state index contributed by atoms with van der Waals surface area (Å²) in [6, 6.07) is 4.29. The second-order valence-electron chi connectivity index (χ2n) is 4.35. The fourth-order valence-electron chi connectivity index (χ4n) is 2.05. The van der Waals surface area contributed by atoms with E-state index >= 15 is 0 Å². The van der Waals surface area contributed by atoms with Crippen LogP contribution in [0.25, 0.3) is 0 Å². The molecule has 0 atom stereocenters. The van der Waals surface area contributed by atoms with E-state index in [-0.39, 0.29) is 11.4 Å². The van der Waals surface area contributed by atoms with Crippen molar-refractivity contribution in [3.63, 3.8) is 0 Å². The molecule has 0 amide bonds. The highest BCUT2D eigenvalue weighted by atomic mass is 32.2. The van der Waals surface area contributed by atoms with Crippen molar-refractivity contribution >= 4 is 10.0 Å². The maximum absolute atomic E-state index is 12.5. The smallest absolute Gasteiger partial charge is 0.252 e. The Morgan fingerprint density at radius 1 is 1.40 bits per heavy atom. The molecule has 0 unspecified atom stereocenters. The normalized spacial score (nSPS) is 14.7. The van der Waals surface area contributed by atoms with Gasteiger partial charge in [-0.15, -0.1) is 0 Å². The monoisotopic (exact) mass is 307 g/mol. The topological polar surface area (TPSA) is 66.8 Å². The van der Waals surface area contributed by atoms with Gasteiger partial charge in [0.2, 0.25) is 10.0 Å². The van der Waals surface area contributed by atoms with Crippen LogP contribution in [0.2, 0.25) is 0 Å². The van der Waals surface area contributed by atoms with Gasteiger partial charge in [-0.05, 0) is 23.8 Å². The molecule has 5 nitrogen and oxygen atoms in total. The van der Waals surface area contributed by atoms with Crippen LogP contribution < -0.4 is 4.74 Å². The van der Waals surface area contributed by atoms with Gasteiger partial charge in [-0.3, -0.25) is 0 Å². The highest BCUT2D eigenvalue weighted by molar-refractivity contribution is 7.89. The van der Waals surface area contributed by atoms with Crippen molar-refractivity contribution in [2.75, 3.05) is 26.3 Å². The van der Waals surface area contributed by atoms with Gasteiger partial charge in [-0.25, -0.2) is 17.2 Å². The number of sulfonamides is 1. The summed E-state index contributed by atoms with van der Waals surface area (Å²) in [4.78, 5) is -0.0594. The molecule has 0 aliphatic carbocycles. The van der Waals surface area contributed by atoms with Gasteiger partial charge in [-0.2, -0.15) is 4.31 Å². The van der Waals surface area contributed by atoms with Crippen LogP contribution in [0.4, 0.5) is 8.78 Å². The van der Waals surface area contributed by atoms with Gasteiger partial charge in [0, 0.05) is 13.0 Å². The molecule has 1 aromatic carbocycles. The predicted octanol–water partition coefficient (Wildman–Crippen LogP) is 0.870. The quantitative estimate of drug-likeness (QED) is 0.847. The van der Waals surface area contributed by atoms with Crippen LogP contribution in [-0.4, -0.2) is 50.6 Å². The molecule has 8 heteroatoms. The Hall–Kier alpha value is -1.25. The summed E-state index contributed by atoms with van der Waals surface area (Å²) in [5.41, 5.74) is 0.743. The molecule has 0 fully saturated rings. The summed E-state index contributed by atoms with van der Waals surface area (Å²) in [5.74, 6) is 0.617. The van der Waals surface area contributed by atoms with E-state index in [1.807, 2.05) is 0 Å². The van der Waals surface area contributed by atoms with Gasteiger partial charge in [0.05, 0.1) is 24.7 Å². The first kappa shape index (κ1) is 15.1. The fraction of sp³-hybridized carbons (Fsp3) is 0.500. The third-order valence-electron chi connectivity index (χ3n) is 2.99. The Morgan fingerprint density at radius 3 is 2.80 bits per heavy atom. The summed E-state index contributed by atoms with van der Waals surface area (Å²) in [6.45, 7) is -1.33. The molecule has 1 aromatic rings. The molecular weight excluding hydrogens is 292 g/mol. The molecule has 0 saturated carbocycles. The highest BCUT2D eigenvalue weighted by Gasteiger charge is 2.28. The molecule has 0 aromatic heterocycles. The van der Waals surface area contributed by atoms with Crippen LogP contribution in [0.1, 0.15) is 5.56 Å². The summed E-state index contributed by atoms with van der Waals surface area (Å²) in [7, 11) is -4.04. The van der Waals surface area contributed by atoms with E-state index in [9.17, 15) is 17.2 Å². The number of aliphatic hydroxyl groups is 1. The number of fused-ring (bicyclic) bond motifs is 1. The molecule has 1 heterocycles. The molecule has 0 saturated heterocycles. The minimum atomic E-state index is -4.04. The van der Waals surface area contributed by atoms with Crippen LogP contribution in [0.15, 0.2) is 23.1 Å². The van der Waals surface area contributed by atoms with Crippen LogP contribution >= 0.6 is 0 Å². The molecule has 20 heavy (non-hydrogen) atoms. The Labute approximate surface area is 115 Å². The molecule has 1 aliphatic rings. The second kappa shape index (κ2) is 6.02. The van der Waals surface area contributed by atoms with Gasteiger partial charge >= 0.3 is 0 Å². The van der Waals surface area contributed by atoms with Gasteiger partial charge in [0.25, 0.3) is 6.43 Å². The Balaban J connectivity index is 2.32. The molecule has 112 valence electrons. The average Bonchev–Trinajstić information content (AvgIpc) is 2.84. The van der Waals surface area contributed by atoms with E-state index in [1.165, 1.54) is 18.2 Å². The third-order valence-corrected chi connectivity index (χ3v) is 4.85. The van der Waals surface area contributed by atoms with Crippen molar-refractivity contribution in [2.24, 2.45) is 0 Å². The predicted molar refractivity (Wildman–Crippen MR) is 67.5 cm³/mol. The highest BCUT2D eigenvalue weighted by Crippen LogP contribution is 2.28. The molecule has 0 bridgehead atoms. The molecular formula is C12H15F2NO4S. The van der Waals surface area contributed by atoms with Crippen molar-refractivity contribution in [3.8, 4) is 5.75 Å². The maximum atomic E-state index is 12.5. The summed E-state index contributed by atoms with van der Waals surface area (Å²) < 4.78 is 55.4. The van der Waals surface area contributed by atoms with Crippen molar-refractivity contribution < 1.29 is 27.0 Å². The van der Waals surface area contributed by atoms with Crippen molar-refractivity contribution in [1.29, 1.82) is 0 Å². The van der Waals surface area contributed by atoms with E-state index in [0.717, 1.165) is 5.56 Å². The minimum absolute atomic E-state index is 0.0594. The maximum Gasteiger partial charge on any atom is 0.252 e. The molecule has 0 spiro atoms. The lowest BCUT2D eigenvalue weighted by molar-refractivity contribution is 0.113. The van der Waals surface area contributed by atoms with Crippen LogP contribution in [-0.2, 0) is 16.4 Å². The fourth-order valence-corrected chi connectivity index (χ4v) is 3.51. The largest absolute Gasteiger partial charge is 0.493 e. The molecule has 1 aliphatic heterocycles. The lowest BCUT2D eigenvalue weighted by Crippen LogP contribution is -2.37. The zero-order valence-corrected chi connectivity index (χ0v) is 11.4. The third kappa shape index (κ3) is 3.08. The van der Waals surface area contributed by atoms with E-state index in [2.05, 4.69) is 0 Å². The Bertz CT molecular complexity index is 577. The Kier molecular flexibility index (Phi) is 4.56. The minimum Gasteiger partial charge on any atom is -0.493 e. The van der Waals surface area contributed by atoms with Crippen molar-refractivity contribution in [2.45, 2.75) is 17.7 Å². The summed E-state index contributed by atoms with van der Waals surface area (Å²) >= 11 is 0. The molecule has 0 radical (unpaired) electrons. The van der Waals surface area contributed by atoms with Gasteiger partial charge in [0.1, 0.15) is 5.75 Å². The van der Waals surface area contributed by atoms with Gasteiger partial charge < -0.3 is 9.84 Å². The number of hydrogen-bond donors (Lipinski definition) is 1. The van der Waals surface area contributed by atoms with Crippen molar-refractivity contribution in [3.05, 3.63) is 23.8 Å². The number of benzene rings is 1. The average molecular weight is 307 g/mol. The standard InChI is InChI=1S/C12H15F2NO4S/c13-12(14)8-15(4-5-16)20(17,18)10-1-2-11-9(7-10)3-6-19-11/h1-2,7,12,16H,3-6,8H2. The van der Waals surface area contributed by atoms with E-state index in [0.29, 0.717) is 23.1 Å². The first-order valence-corrected chi connectivity index (χ1v) is 7.54. The molecule has 2 rings (SSSR count). The number of rotatable bonds is 6. The zero-order chi connectivity index (χ0) is 14.8. The lowest BCUT2D eigenvalue weighted by atomic mass is 10.2. The number of nitrogens with zero attached hydrogens (tertiary/aromatic N) is 1. The number of ether oxygens (including phenoxy) is 1.